The minimum atomic E-state index is -0.382. The van der Waals surface area contributed by atoms with Crippen LogP contribution in [0.15, 0.2) is 53.5 Å². The van der Waals surface area contributed by atoms with Crippen molar-refractivity contribution in [2.24, 2.45) is 0 Å². The normalized spacial score (nSPS) is 10.8. The molecule has 0 aliphatic heterocycles. The lowest BCUT2D eigenvalue weighted by Gasteiger charge is -2.04. The van der Waals surface area contributed by atoms with Crippen LogP contribution in [0.25, 0.3) is 16.9 Å². The Hall–Kier alpha value is -3.88. The predicted molar refractivity (Wildman–Crippen MR) is 104 cm³/mol. The van der Waals surface area contributed by atoms with Gasteiger partial charge in [-0.2, -0.15) is 5.10 Å². The number of rotatable bonds is 7. The van der Waals surface area contributed by atoms with Crippen LogP contribution in [0.5, 0.6) is 11.5 Å². The first kappa shape index (κ1) is 18.5. The molecule has 0 aromatic carbocycles. The van der Waals surface area contributed by atoms with Gasteiger partial charge in [0.25, 0.3) is 5.91 Å². The number of aromatic nitrogens is 4. The van der Waals surface area contributed by atoms with Gasteiger partial charge in [-0.3, -0.25) is 9.78 Å². The van der Waals surface area contributed by atoms with E-state index < -0.39 is 0 Å². The molecule has 0 saturated heterocycles. The third-order valence-corrected chi connectivity index (χ3v) is 4.36. The fraction of sp³-hybridized carbons (Fsp3) is 0.200. The highest BCUT2D eigenvalue weighted by molar-refractivity contribution is 5.95. The molecule has 9 heteroatoms. The van der Waals surface area contributed by atoms with Crippen molar-refractivity contribution >= 4 is 11.6 Å². The third kappa shape index (κ3) is 3.75. The lowest BCUT2D eigenvalue weighted by Crippen LogP contribution is -2.25. The number of nitrogens with zero attached hydrogens (tertiary/aromatic N) is 4. The maximum atomic E-state index is 12.3. The summed E-state index contributed by atoms with van der Waals surface area (Å²) < 4.78 is 17.2. The Balaban J connectivity index is 1.42. The van der Waals surface area contributed by atoms with Crippen molar-refractivity contribution in [2.45, 2.75) is 6.42 Å². The van der Waals surface area contributed by atoms with Crippen LogP contribution >= 0.6 is 0 Å². The first-order valence-corrected chi connectivity index (χ1v) is 8.93. The van der Waals surface area contributed by atoms with Crippen LogP contribution in [-0.4, -0.2) is 46.3 Å². The van der Waals surface area contributed by atoms with Crippen LogP contribution in [0.3, 0.4) is 0 Å². The van der Waals surface area contributed by atoms with E-state index in [1.54, 1.807) is 16.9 Å². The average Bonchev–Trinajstić information content (AvgIpc) is 3.36. The Bertz CT molecular complexity index is 1140. The van der Waals surface area contributed by atoms with Crippen LogP contribution in [0.4, 0.5) is 0 Å². The summed E-state index contributed by atoms with van der Waals surface area (Å²) in [5.74, 6) is 0.328. The van der Waals surface area contributed by atoms with E-state index in [1.165, 1.54) is 20.5 Å². The summed E-state index contributed by atoms with van der Waals surface area (Å²) in [6, 6.07) is 7.61. The first-order valence-electron chi connectivity index (χ1n) is 8.93. The number of hydrogen-bond donors (Lipinski definition) is 1. The number of furan rings is 1. The lowest BCUT2D eigenvalue weighted by atomic mass is 10.2. The number of methoxy groups -OCH3 is 2. The smallest absolute Gasteiger partial charge is 0.291 e. The number of fused-ring (bicyclic) bond motifs is 1. The highest BCUT2D eigenvalue weighted by Gasteiger charge is 2.21. The summed E-state index contributed by atoms with van der Waals surface area (Å²) in [5, 5.41) is 7.29. The molecule has 4 rings (SSSR count). The molecule has 0 saturated carbocycles. The van der Waals surface area contributed by atoms with Gasteiger partial charge in [-0.1, -0.05) is 0 Å². The molecular weight excluding hydrogens is 374 g/mol. The maximum absolute atomic E-state index is 12.3. The molecular formula is C20H19N5O4. The second-order valence-electron chi connectivity index (χ2n) is 6.16. The number of hydrogen-bond acceptors (Lipinski definition) is 7. The molecule has 4 aromatic rings. The molecule has 0 aliphatic carbocycles. The van der Waals surface area contributed by atoms with Gasteiger partial charge >= 0.3 is 0 Å². The van der Waals surface area contributed by atoms with Gasteiger partial charge in [0.05, 0.1) is 25.6 Å². The number of carbonyl (C=O) groups excluding carboxylic acids is 1. The number of carbonyl (C=O) groups is 1. The van der Waals surface area contributed by atoms with Crippen LogP contribution in [0, 0.1) is 0 Å². The van der Waals surface area contributed by atoms with E-state index in [2.05, 4.69) is 20.4 Å². The lowest BCUT2D eigenvalue weighted by molar-refractivity contribution is 0.0922. The Morgan fingerprint density at radius 3 is 2.79 bits per heavy atom. The zero-order valence-corrected chi connectivity index (χ0v) is 16.0. The van der Waals surface area contributed by atoms with Crippen molar-refractivity contribution in [3.8, 4) is 22.8 Å². The van der Waals surface area contributed by atoms with Crippen LogP contribution < -0.4 is 14.8 Å². The van der Waals surface area contributed by atoms with Gasteiger partial charge in [-0.15, -0.1) is 0 Å². The second kappa shape index (κ2) is 8.01. The Kier molecular flexibility index (Phi) is 5.10. The Morgan fingerprint density at radius 2 is 2.03 bits per heavy atom. The highest BCUT2D eigenvalue weighted by atomic mass is 16.5. The first-order chi connectivity index (χ1) is 14.2. The average molecular weight is 393 g/mol. The standard InChI is InChI=1S/C20H19N5O4/c1-27-16-12-29-19(18(16)28-2)20(26)22-9-5-14-11-17-23-15(6-10-25(17)24-14)13-3-7-21-8-4-13/h3-4,6-8,10-12H,5,9H2,1-2H3,(H,22,26). The van der Waals surface area contributed by atoms with Crippen molar-refractivity contribution in [3.63, 3.8) is 0 Å². The van der Waals surface area contributed by atoms with Crippen molar-refractivity contribution < 1.29 is 18.7 Å². The van der Waals surface area contributed by atoms with Crippen LogP contribution in [0.1, 0.15) is 16.2 Å². The molecule has 4 aromatic heterocycles. The van der Waals surface area contributed by atoms with Crippen molar-refractivity contribution in [1.82, 2.24) is 24.9 Å². The Labute approximate surface area is 166 Å². The van der Waals surface area contributed by atoms with E-state index in [1.807, 2.05) is 30.5 Å². The van der Waals surface area contributed by atoms with Gasteiger partial charge < -0.3 is 19.2 Å². The van der Waals surface area contributed by atoms with E-state index in [4.69, 9.17) is 13.9 Å². The molecule has 4 heterocycles. The number of pyridine rings is 1. The molecule has 0 unspecified atom stereocenters. The molecule has 0 fully saturated rings. The zero-order valence-electron chi connectivity index (χ0n) is 16.0. The van der Waals surface area contributed by atoms with Gasteiger partial charge in [-0.05, 0) is 18.2 Å². The van der Waals surface area contributed by atoms with Gasteiger partial charge in [0, 0.05) is 43.2 Å². The summed E-state index contributed by atoms with van der Waals surface area (Å²) in [6.45, 7) is 0.381. The van der Waals surface area contributed by atoms with Crippen molar-refractivity contribution in [3.05, 3.63) is 60.6 Å². The van der Waals surface area contributed by atoms with Crippen molar-refractivity contribution in [1.29, 1.82) is 0 Å². The Morgan fingerprint density at radius 1 is 1.21 bits per heavy atom. The molecule has 0 atom stereocenters. The molecule has 0 spiro atoms. The molecule has 0 aliphatic rings. The molecule has 1 N–H and O–H groups in total. The fourth-order valence-corrected chi connectivity index (χ4v) is 2.94. The van der Waals surface area contributed by atoms with Gasteiger partial charge in [0.2, 0.25) is 11.5 Å². The molecule has 0 bridgehead atoms. The van der Waals surface area contributed by atoms with E-state index in [-0.39, 0.29) is 17.4 Å². The van der Waals surface area contributed by atoms with E-state index in [0.29, 0.717) is 18.7 Å². The fourth-order valence-electron chi connectivity index (χ4n) is 2.94. The monoisotopic (exact) mass is 393 g/mol. The molecule has 9 nitrogen and oxygen atoms in total. The molecule has 0 radical (unpaired) electrons. The van der Waals surface area contributed by atoms with Gasteiger partial charge in [0.15, 0.2) is 11.4 Å². The maximum Gasteiger partial charge on any atom is 0.291 e. The van der Waals surface area contributed by atoms with E-state index in [0.717, 1.165) is 22.6 Å². The SMILES string of the molecule is COc1coc(C(=O)NCCc2cc3nc(-c4ccncc4)ccn3n2)c1OC. The summed E-state index contributed by atoms with van der Waals surface area (Å²) >= 11 is 0. The van der Waals surface area contributed by atoms with Gasteiger partial charge in [-0.25, -0.2) is 9.50 Å². The van der Waals surface area contributed by atoms with Crippen LogP contribution in [-0.2, 0) is 6.42 Å². The number of nitrogens with one attached hydrogen (secondary N) is 1. The summed E-state index contributed by atoms with van der Waals surface area (Å²) in [4.78, 5) is 21.0. The molecule has 1 amide bonds. The third-order valence-electron chi connectivity index (χ3n) is 4.36. The van der Waals surface area contributed by atoms with Crippen molar-refractivity contribution in [2.75, 3.05) is 20.8 Å². The van der Waals surface area contributed by atoms with E-state index >= 15 is 0 Å². The quantitative estimate of drug-likeness (QED) is 0.514. The second-order valence-corrected chi connectivity index (χ2v) is 6.16. The summed E-state index contributed by atoms with van der Waals surface area (Å²) in [7, 11) is 2.93. The highest BCUT2D eigenvalue weighted by Crippen LogP contribution is 2.32. The minimum Gasteiger partial charge on any atom is -0.490 e. The van der Waals surface area contributed by atoms with E-state index in [9.17, 15) is 4.79 Å². The summed E-state index contributed by atoms with van der Waals surface area (Å²) in [5.41, 5.74) is 3.38. The zero-order chi connectivity index (χ0) is 20.2. The number of ether oxygens (including phenoxy) is 2. The van der Waals surface area contributed by atoms with Gasteiger partial charge in [0.1, 0.15) is 6.26 Å². The largest absolute Gasteiger partial charge is 0.490 e. The predicted octanol–water partition coefficient (Wildman–Crippen LogP) is 2.37. The molecule has 29 heavy (non-hydrogen) atoms. The van der Waals surface area contributed by atoms with Crippen LogP contribution in [0.2, 0.25) is 0 Å². The summed E-state index contributed by atoms with van der Waals surface area (Å²) in [6.07, 6.45) is 7.20. The number of amides is 1. The topological polar surface area (TPSA) is 104 Å². The molecule has 148 valence electrons. The minimum absolute atomic E-state index is 0.0722.